The molecular formula is C10H13N3O3. The minimum absolute atomic E-state index is 0.00697. The van der Waals surface area contributed by atoms with Gasteiger partial charge in [-0.25, -0.2) is 0 Å². The number of nitrogens with zero attached hydrogens (tertiary/aromatic N) is 1. The van der Waals surface area contributed by atoms with E-state index in [2.05, 4.69) is 5.32 Å². The van der Waals surface area contributed by atoms with Crippen molar-refractivity contribution in [2.45, 2.75) is 19.5 Å². The number of nitro groups is 1. The van der Waals surface area contributed by atoms with Crippen LogP contribution in [0.15, 0.2) is 24.3 Å². The van der Waals surface area contributed by atoms with Gasteiger partial charge in [-0.1, -0.05) is 18.2 Å². The van der Waals surface area contributed by atoms with E-state index in [1.54, 1.807) is 25.1 Å². The average molecular weight is 223 g/mol. The van der Waals surface area contributed by atoms with E-state index in [4.69, 9.17) is 5.73 Å². The third-order valence-corrected chi connectivity index (χ3v) is 2.05. The number of nitro benzene ring substituents is 1. The lowest BCUT2D eigenvalue weighted by Gasteiger charge is -2.07. The van der Waals surface area contributed by atoms with Crippen molar-refractivity contribution in [1.29, 1.82) is 0 Å². The summed E-state index contributed by atoms with van der Waals surface area (Å²) in [6.07, 6.45) is 0. The number of hydrogen-bond acceptors (Lipinski definition) is 4. The summed E-state index contributed by atoms with van der Waals surface area (Å²) in [6, 6.07) is 5.63. The predicted octanol–water partition coefficient (Wildman–Crippen LogP) is 0.558. The van der Waals surface area contributed by atoms with Gasteiger partial charge in [0.1, 0.15) is 0 Å². The van der Waals surface area contributed by atoms with Gasteiger partial charge in [-0.05, 0) is 6.92 Å². The molecule has 0 saturated carbocycles. The van der Waals surface area contributed by atoms with Crippen LogP contribution in [0.4, 0.5) is 5.69 Å². The van der Waals surface area contributed by atoms with E-state index in [9.17, 15) is 14.9 Å². The van der Waals surface area contributed by atoms with Crippen LogP contribution in [0.5, 0.6) is 0 Å². The summed E-state index contributed by atoms with van der Waals surface area (Å²) >= 11 is 0. The van der Waals surface area contributed by atoms with Gasteiger partial charge in [0, 0.05) is 18.2 Å². The molecule has 1 aromatic carbocycles. The summed E-state index contributed by atoms with van der Waals surface area (Å²) in [5.41, 5.74) is 5.80. The largest absolute Gasteiger partial charge is 0.350 e. The summed E-state index contributed by atoms with van der Waals surface area (Å²) in [7, 11) is 0. The molecule has 6 nitrogen and oxygen atoms in total. The summed E-state index contributed by atoms with van der Waals surface area (Å²) in [5, 5.41) is 13.2. The molecule has 1 atom stereocenters. The molecule has 0 fully saturated rings. The number of benzene rings is 1. The molecule has 1 rings (SSSR count). The lowest BCUT2D eigenvalue weighted by Crippen LogP contribution is -2.37. The molecule has 1 unspecified atom stereocenters. The number of nitrogens with one attached hydrogen (secondary N) is 1. The second-order valence-corrected chi connectivity index (χ2v) is 3.39. The number of carbonyl (C=O) groups is 1. The molecule has 0 aromatic heterocycles. The molecule has 6 heteroatoms. The summed E-state index contributed by atoms with van der Waals surface area (Å²) in [6.45, 7) is 1.66. The molecule has 0 aliphatic heterocycles. The van der Waals surface area contributed by atoms with E-state index in [0.717, 1.165) is 0 Å². The first kappa shape index (κ1) is 12.1. The third-order valence-electron chi connectivity index (χ3n) is 2.05. The van der Waals surface area contributed by atoms with Crippen molar-refractivity contribution in [2.24, 2.45) is 5.73 Å². The molecule has 0 saturated heterocycles. The first-order valence-corrected chi connectivity index (χ1v) is 4.78. The third kappa shape index (κ3) is 3.03. The zero-order chi connectivity index (χ0) is 12.1. The highest BCUT2D eigenvalue weighted by Crippen LogP contribution is 2.16. The molecule has 3 N–H and O–H groups in total. The molecule has 0 aliphatic carbocycles. The molecule has 1 aromatic rings. The van der Waals surface area contributed by atoms with Crippen molar-refractivity contribution in [3.8, 4) is 0 Å². The first-order valence-electron chi connectivity index (χ1n) is 4.78. The Morgan fingerprint density at radius 1 is 1.56 bits per heavy atom. The SMILES string of the molecule is CC(N)C(=O)NCc1ccccc1[N+](=O)[O-]. The van der Waals surface area contributed by atoms with Crippen molar-refractivity contribution in [1.82, 2.24) is 5.32 Å². The van der Waals surface area contributed by atoms with Crippen LogP contribution in [0.2, 0.25) is 0 Å². The maximum Gasteiger partial charge on any atom is 0.274 e. The zero-order valence-corrected chi connectivity index (χ0v) is 8.84. The fraction of sp³-hybridized carbons (Fsp3) is 0.300. The number of carbonyl (C=O) groups excluding carboxylic acids is 1. The Morgan fingerprint density at radius 2 is 2.19 bits per heavy atom. The highest BCUT2D eigenvalue weighted by Gasteiger charge is 2.13. The van der Waals surface area contributed by atoms with E-state index in [-0.39, 0.29) is 18.1 Å². The summed E-state index contributed by atoms with van der Waals surface area (Å²) in [4.78, 5) is 21.4. The highest BCUT2D eigenvalue weighted by atomic mass is 16.6. The van der Waals surface area contributed by atoms with Gasteiger partial charge in [-0.15, -0.1) is 0 Å². The van der Waals surface area contributed by atoms with Crippen LogP contribution in [0.3, 0.4) is 0 Å². The second kappa shape index (κ2) is 5.22. The Hall–Kier alpha value is -1.95. The molecule has 16 heavy (non-hydrogen) atoms. The maximum absolute atomic E-state index is 11.2. The van der Waals surface area contributed by atoms with Crippen LogP contribution in [-0.2, 0) is 11.3 Å². The normalized spacial score (nSPS) is 11.9. The number of amides is 1. The zero-order valence-electron chi connectivity index (χ0n) is 8.84. The van der Waals surface area contributed by atoms with Gasteiger partial charge in [0.25, 0.3) is 5.69 Å². The van der Waals surface area contributed by atoms with E-state index in [1.807, 2.05) is 0 Å². The minimum Gasteiger partial charge on any atom is -0.350 e. The number of rotatable bonds is 4. The number of para-hydroxylation sites is 1. The monoisotopic (exact) mass is 223 g/mol. The second-order valence-electron chi connectivity index (χ2n) is 3.39. The highest BCUT2D eigenvalue weighted by molar-refractivity contribution is 5.81. The van der Waals surface area contributed by atoms with Crippen LogP contribution >= 0.6 is 0 Å². The molecule has 0 spiro atoms. The van der Waals surface area contributed by atoms with E-state index in [0.29, 0.717) is 5.56 Å². The lowest BCUT2D eigenvalue weighted by molar-refractivity contribution is -0.385. The van der Waals surface area contributed by atoms with Gasteiger partial charge in [0.15, 0.2) is 0 Å². The van der Waals surface area contributed by atoms with Crippen molar-refractivity contribution in [2.75, 3.05) is 0 Å². The Balaban J connectivity index is 2.74. The van der Waals surface area contributed by atoms with Crippen molar-refractivity contribution < 1.29 is 9.72 Å². The Morgan fingerprint density at radius 3 is 2.75 bits per heavy atom. The van der Waals surface area contributed by atoms with Crippen LogP contribution in [0.25, 0.3) is 0 Å². The number of hydrogen-bond donors (Lipinski definition) is 2. The van der Waals surface area contributed by atoms with Gasteiger partial charge in [0.05, 0.1) is 11.0 Å². The average Bonchev–Trinajstić information content (AvgIpc) is 2.25. The summed E-state index contributed by atoms with van der Waals surface area (Å²) < 4.78 is 0. The lowest BCUT2D eigenvalue weighted by atomic mass is 10.2. The van der Waals surface area contributed by atoms with Crippen molar-refractivity contribution in [3.05, 3.63) is 39.9 Å². The van der Waals surface area contributed by atoms with Gasteiger partial charge >= 0.3 is 0 Å². The van der Waals surface area contributed by atoms with E-state index in [1.165, 1.54) is 6.07 Å². The Labute approximate surface area is 92.6 Å². The smallest absolute Gasteiger partial charge is 0.274 e. The van der Waals surface area contributed by atoms with Crippen LogP contribution < -0.4 is 11.1 Å². The van der Waals surface area contributed by atoms with Crippen LogP contribution in [-0.4, -0.2) is 16.9 Å². The van der Waals surface area contributed by atoms with E-state index >= 15 is 0 Å². The maximum atomic E-state index is 11.2. The van der Waals surface area contributed by atoms with Crippen molar-refractivity contribution in [3.63, 3.8) is 0 Å². The van der Waals surface area contributed by atoms with Gasteiger partial charge < -0.3 is 11.1 Å². The van der Waals surface area contributed by atoms with E-state index < -0.39 is 11.0 Å². The van der Waals surface area contributed by atoms with Gasteiger partial charge in [-0.2, -0.15) is 0 Å². The minimum atomic E-state index is -0.622. The summed E-state index contributed by atoms with van der Waals surface area (Å²) in [5.74, 6) is -0.335. The molecule has 0 aliphatic rings. The standard InChI is InChI=1S/C10H13N3O3/c1-7(11)10(14)12-6-8-4-2-3-5-9(8)13(15)16/h2-5,7H,6,11H2,1H3,(H,12,14). The number of nitrogens with two attached hydrogens (primary N) is 1. The first-order chi connectivity index (χ1) is 7.52. The van der Waals surface area contributed by atoms with Crippen LogP contribution in [0, 0.1) is 10.1 Å². The van der Waals surface area contributed by atoms with Crippen molar-refractivity contribution >= 4 is 11.6 Å². The molecule has 86 valence electrons. The molecular weight excluding hydrogens is 210 g/mol. The fourth-order valence-corrected chi connectivity index (χ4v) is 1.18. The Bertz CT molecular complexity index is 404. The molecule has 0 radical (unpaired) electrons. The predicted molar refractivity (Wildman–Crippen MR) is 58.6 cm³/mol. The van der Waals surface area contributed by atoms with Crippen LogP contribution in [0.1, 0.15) is 12.5 Å². The quantitative estimate of drug-likeness (QED) is 0.575. The topological polar surface area (TPSA) is 98.3 Å². The fourth-order valence-electron chi connectivity index (χ4n) is 1.18. The van der Waals surface area contributed by atoms with Gasteiger partial charge in [0.2, 0.25) is 5.91 Å². The Kier molecular flexibility index (Phi) is 3.96. The molecule has 0 bridgehead atoms. The molecule has 0 heterocycles. The van der Waals surface area contributed by atoms with Gasteiger partial charge in [-0.3, -0.25) is 14.9 Å². The molecule has 1 amide bonds.